The van der Waals surface area contributed by atoms with Gasteiger partial charge in [-0.2, -0.15) is 4.98 Å². The SMILES string of the molecule is CCCC(C)(N)c1nc(C2COc3ccccc32)no1. The molecule has 0 bridgehead atoms. The molecule has 1 aromatic heterocycles. The number of nitrogens with two attached hydrogens (primary N) is 1. The van der Waals surface area contributed by atoms with Crippen molar-refractivity contribution in [3.63, 3.8) is 0 Å². The van der Waals surface area contributed by atoms with Crippen LogP contribution in [0.4, 0.5) is 0 Å². The first-order chi connectivity index (χ1) is 9.62. The van der Waals surface area contributed by atoms with Crippen LogP contribution in [0.25, 0.3) is 0 Å². The smallest absolute Gasteiger partial charge is 0.246 e. The molecule has 0 amide bonds. The van der Waals surface area contributed by atoms with Crippen LogP contribution in [0.1, 0.15) is 49.9 Å². The minimum atomic E-state index is -0.570. The zero-order chi connectivity index (χ0) is 14.2. The fraction of sp³-hybridized carbons (Fsp3) is 0.467. The van der Waals surface area contributed by atoms with Crippen molar-refractivity contribution in [1.82, 2.24) is 10.1 Å². The molecule has 0 aliphatic carbocycles. The van der Waals surface area contributed by atoms with Gasteiger partial charge in [0.05, 0.1) is 11.5 Å². The first kappa shape index (κ1) is 13.1. The maximum absolute atomic E-state index is 6.23. The predicted octanol–water partition coefficient (Wildman–Crippen LogP) is 2.57. The van der Waals surface area contributed by atoms with Gasteiger partial charge in [0.1, 0.15) is 12.4 Å². The van der Waals surface area contributed by atoms with Gasteiger partial charge in [0.2, 0.25) is 5.89 Å². The molecule has 0 radical (unpaired) electrons. The van der Waals surface area contributed by atoms with Gasteiger partial charge in [-0.15, -0.1) is 0 Å². The fourth-order valence-corrected chi connectivity index (χ4v) is 2.61. The molecular weight excluding hydrogens is 254 g/mol. The van der Waals surface area contributed by atoms with Gasteiger partial charge in [0.25, 0.3) is 0 Å². The number of para-hydroxylation sites is 1. The number of hydrogen-bond donors (Lipinski definition) is 1. The quantitative estimate of drug-likeness (QED) is 0.926. The Morgan fingerprint density at radius 2 is 2.20 bits per heavy atom. The number of aromatic nitrogens is 2. The molecule has 3 rings (SSSR count). The summed E-state index contributed by atoms with van der Waals surface area (Å²) in [7, 11) is 0. The summed E-state index contributed by atoms with van der Waals surface area (Å²) in [6.07, 6.45) is 1.78. The molecule has 20 heavy (non-hydrogen) atoms. The van der Waals surface area contributed by atoms with Crippen molar-refractivity contribution in [2.45, 2.75) is 38.1 Å². The summed E-state index contributed by atoms with van der Waals surface area (Å²) in [6, 6.07) is 7.95. The second kappa shape index (κ2) is 4.90. The van der Waals surface area contributed by atoms with E-state index < -0.39 is 5.54 Å². The van der Waals surface area contributed by atoms with Gasteiger partial charge in [-0.25, -0.2) is 0 Å². The molecule has 5 nitrogen and oxygen atoms in total. The third kappa shape index (κ3) is 2.18. The molecule has 2 aromatic rings. The molecule has 1 aliphatic rings. The number of fused-ring (bicyclic) bond motifs is 1. The molecule has 2 atom stereocenters. The average molecular weight is 273 g/mol. The Balaban J connectivity index is 1.89. The van der Waals surface area contributed by atoms with E-state index >= 15 is 0 Å². The highest BCUT2D eigenvalue weighted by Gasteiger charge is 2.33. The van der Waals surface area contributed by atoms with Crippen molar-refractivity contribution in [3.05, 3.63) is 41.5 Å². The minimum Gasteiger partial charge on any atom is -0.492 e. The van der Waals surface area contributed by atoms with E-state index in [0.29, 0.717) is 18.3 Å². The summed E-state index contributed by atoms with van der Waals surface area (Å²) < 4.78 is 11.0. The highest BCUT2D eigenvalue weighted by atomic mass is 16.5. The molecule has 2 heterocycles. The van der Waals surface area contributed by atoms with E-state index in [0.717, 1.165) is 24.2 Å². The lowest BCUT2D eigenvalue weighted by Crippen LogP contribution is -2.33. The maximum Gasteiger partial charge on any atom is 0.246 e. The van der Waals surface area contributed by atoms with E-state index in [9.17, 15) is 0 Å². The largest absolute Gasteiger partial charge is 0.492 e. The number of nitrogens with zero attached hydrogens (tertiary/aromatic N) is 2. The predicted molar refractivity (Wildman–Crippen MR) is 74.5 cm³/mol. The molecule has 0 spiro atoms. The van der Waals surface area contributed by atoms with Crippen molar-refractivity contribution in [3.8, 4) is 5.75 Å². The van der Waals surface area contributed by atoms with Gasteiger partial charge >= 0.3 is 0 Å². The highest BCUT2D eigenvalue weighted by molar-refractivity contribution is 5.42. The summed E-state index contributed by atoms with van der Waals surface area (Å²) in [6.45, 7) is 4.56. The van der Waals surface area contributed by atoms with E-state index in [-0.39, 0.29) is 5.92 Å². The molecule has 106 valence electrons. The fourth-order valence-electron chi connectivity index (χ4n) is 2.61. The molecule has 5 heteroatoms. The second-order valence-electron chi connectivity index (χ2n) is 5.53. The average Bonchev–Trinajstić information content (AvgIpc) is 3.05. The third-order valence-electron chi connectivity index (χ3n) is 3.71. The van der Waals surface area contributed by atoms with Gasteiger partial charge in [-0.1, -0.05) is 36.7 Å². The van der Waals surface area contributed by atoms with Crippen LogP contribution in [0, 0.1) is 0 Å². The summed E-state index contributed by atoms with van der Waals surface area (Å²) in [5.41, 5.74) is 6.76. The van der Waals surface area contributed by atoms with E-state index in [1.54, 1.807) is 0 Å². The van der Waals surface area contributed by atoms with E-state index in [1.807, 2.05) is 31.2 Å². The third-order valence-corrected chi connectivity index (χ3v) is 3.71. The van der Waals surface area contributed by atoms with E-state index in [2.05, 4.69) is 17.1 Å². The summed E-state index contributed by atoms with van der Waals surface area (Å²) in [5.74, 6) is 2.07. The van der Waals surface area contributed by atoms with E-state index in [1.165, 1.54) is 0 Å². The lowest BCUT2D eigenvalue weighted by atomic mass is 9.97. The number of rotatable bonds is 4. The Morgan fingerprint density at radius 3 is 3.00 bits per heavy atom. The van der Waals surface area contributed by atoms with Crippen molar-refractivity contribution in [2.75, 3.05) is 6.61 Å². The van der Waals surface area contributed by atoms with Gasteiger partial charge in [0, 0.05) is 5.56 Å². The number of benzene rings is 1. The van der Waals surface area contributed by atoms with Crippen molar-refractivity contribution in [2.24, 2.45) is 5.73 Å². The lowest BCUT2D eigenvalue weighted by Gasteiger charge is -2.18. The second-order valence-corrected chi connectivity index (χ2v) is 5.53. The maximum atomic E-state index is 6.23. The van der Waals surface area contributed by atoms with Crippen LogP contribution in [0.15, 0.2) is 28.8 Å². The van der Waals surface area contributed by atoms with Crippen LogP contribution in [-0.4, -0.2) is 16.7 Å². The first-order valence-corrected chi connectivity index (χ1v) is 6.96. The van der Waals surface area contributed by atoms with Gasteiger partial charge < -0.3 is 15.0 Å². The zero-order valence-electron chi connectivity index (χ0n) is 11.8. The molecule has 0 saturated heterocycles. The molecule has 0 fully saturated rings. The van der Waals surface area contributed by atoms with Crippen LogP contribution < -0.4 is 10.5 Å². The first-order valence-electron chi connectivity index (χ1n) is 6.96. The Morgan fingerprint density at radius 1 is 1.40 bits per heavy atom. The molecule has 2 N–H and O–H groups in total. The molecule has 1 aromatic carbocycles. The van der Waals surface area contributed by atoms with Crippen molar-refractivity contribution < 1.29 is 9.26 Å². The normalized spacial score (nSPS) is 20.2. The van der Waals surface area contributed by atoms with Crippen LogP contribution in [0.5, 0.6) is 5.75 Å². The standard InChI is InChI=1S/C15H19N3O2/c1-3-8-15(2,16)14-17-13(18-20-14)11-9-19-12-7-5-4-6-10(11)12/h4-7,11H,3,8-9,16H2,1-2H3. The molecule has 2 unspecified atom stereocenters. The molecule has 0 saturated carbocycles. The van der Waals surface area contributed by atoms with E-state index in [4.69, 9.17) is 15.0 Å². The Kier molecular flexibility index (Phi) is 3.22. The van der Waals surface area contributed by atoms with Crippen molar-refractivity contribution >= 4 is 0 Å². The Hall–Kier alpha value is -1.88. The van der Waals surface area contributed by atoms with Crippen LogP contribution in [-0.2, 0) is 5.54 Å². The Bertz CT molecular complexity index is 607. The molecule has 1 aliphatic heterocycles. The number of ether oxygens (including phenoxy) is 1. The van der Waals surface area contributed by atoms with Gasteiger partial charge in [0.15, 0.2) is 5.82 Å². The number of hydrogen-bond acceptors (Lipinski definition) is 5. The lowest BCUT2D eigenvalue weighted by molar-refractivity contribution is 0.280. The molecular formula is C15H19N3O2. The van der Waals surface area contributed by atoms with Crippen LogP contribution in [0.3, 0.4) is 0 Å². The Labute approximate surface area is 118 Å². The summed E-state index contributed by atoms with van der Waals surface area (Å²) in [4.78, 5) is 4.50. The van der Waals surface area contributed by atoms with Crippen molar-refractivity contribution in [1.29, 1.82) is 0 Å². The highest BCUT2D eigenvalue weighted by Crippen LogP contribution is 2.37. The minimum absolute atomic E-state index is 0.0288. The zero-order valence-corrected chi connectivity index (χ0v) is 11.8. The van der Waals surface area contributed by atoms with Crippen LogP contribution in [0.2, 0.25) is 0 Å². The topological polar surface area (TPSA) is 74.2 Å². The van der Waals surface area contributed by atoms with Gasteiger partial charge in [-0.3, -0.25) is 0 Å². The summed E-state index contributed by atoms with van der Waals surface area (Å²) >= 11 is 0. The summed E-state index contributed by atoms with van der Waals surface area (Å²) in [5, 5.41) is 4.10. The van der Waals surface area contributed by atoms with Gasteiger partial charge in [-0.05, 0) is 19.4 Å². The monoisotopic (exact) mass is 273 g/mol. The van der Waals surface area contributed by atoms with Crippen LogP contribution >= 0.6 is 0 Å².